The highest BCUT2D eigenvalue weighted by Crippen LogP contribution is 2.45. The first kappa shape index (κ1) is 12.8. The number of hydrogen-bond acceptors (Lipinski definition) is 4. The molecule has 0 radical (unpaired) electrons. The Bertz CT molecular complexity index is 348. The van der Waals surface area contributed by atoms with E-state index in [-0.39, 0.29) is 0 Å². The third kappa shape index (κ3) is 2.77. The van der Waals surface area contributed by atoms with Gasteiger partial charge < -0.3 is 0 Å². The Hall–Kier alpha value is 0.330. The van der Waals surface area contributed by atoms with Crippen LogP contribution in [0.4, 0.5) is 0 Å². The fourth-order valence-electron chi connectivity index (χ4n) is 1.63. The number of aromatic nitrogens is 1. The minimum atomic E-state index is 0.615. The van der Waals surface area contributed by atoms with Gasteiger partial charge >= 0.3 is 0 Å². The Kier molecular flexibility index (Phi) is 4.25. The molecule has 1 aliphatic rings. The van der Waals surface area contributed by atoms with E-state index in [1.807, 2.05) is 11.3 Å². The fraction of sp³-hybridized carbons (Fsp3) is 0.750. The van der Waals surface area contributed by atoms with Crippen molar-refractivity contribution in [1.82, 2.24) is 4.98 Å². The van der Waals surface area contributed by atoms with Gasteiger partial charge in [0, 0.05) is 27.3 Å². The quantitative estimate of drug-likeness (QED) is 0.784. The minimum Gasteiger partial charge on any atom is -0.248 e. The number of thioether (sulfide) groups is 2. The normalized spacial score (nSPS) is 30.9. The predicted molar refractivity (Wildman–Crippen MR) is 77.9 cm³/mol. The Labute approximate surface area is 111 Å². The second-order valence-electron chi connectivity index (χ2n) is 4.62. The molecule has 2 rings (SSSR count). The van der Waals surface area contributed by atoms with Crippen LogP contribution >= 0.6 is 34.9 Å². The van der Waals surface area contributed by atoms with Crippen LogP contribution in [0.5, 0.6) is 0 Å². The summed E-state index contributed by atoms with van der Waals surface area (Å²) in [6.07, 6.45) is 2.07. The van der Waals surface area contributed by atoms with E-state index in [0.29, 0.717) is 11.2 Å². The van der Waals surface area contributed by atoms with Gasteiger partial charge in [0.05, 0.1) is 5.25 Å². The van der Waals surface area contributed by atoms with Crippen LogP contribution in [0.2, 0.25) is 0 Å². The first-order valence-corrected chi connectivity index (χ1v) is 8.61. The summed E-state index contributed by atoms with van der Waals surface area (Å²) in [4.78, 5) is 6.03. The highest BCUT2D eigenvalue weighted by Gasteiger charge is 2.28. The lowest BCUT2D eigenvalue weighted by Gasteiger charge is -2.30. The van der Waals surface area contributed by atoms with Gasteiger partial charge in [0.25, 0.3) is 0 Å². The maximum atomic E-state index is 4.60. The van der Waals surface area contributed by atoms with Crippen molar-refractivity contribution in [3.8, 4) is 0 Å². The van der Waals surface area contributed by atoms with Gasteiger partial charge in [-0.2, -0.15) is 11.8 Å². The van der Waals surface area contributed by atoms with Gasteiger partial charge in [0.1, 0.15) is 5.01 Å². The Morgan fingerprint density at radius 3 is 2.62 bits per heavy atom. The average molecular weight is 273 g/mol. The smallest absolute Gasteiger partial charge is 0.107 e. The van der Waals surface area contributed by atoms with E-state index < -0.39 is 0 Å². The molecular weight excluding hydrogens is 254 g/mol. The standard InChI is InChI=1S/C12H19NS3/c1-7(2)10-5-13-12(16-10)11-6-14-8(3)9(4)15-11/h5,7-9,11H,6H2,1-4H3. The van der Waals surface area contributed by atoms with E-state index in [4.69, 9.17) is 0 Å². The number of nitrogens with zero attached hydrogens (tertiary/aromatic N) is 1. The second kappa shape index (κ2) is 5.32. The molecular formula is C12H19NS3. The van der Waals surface area contributed by atoms with Crippen molar-refractivity contribution in [2.75, 3.05) is 5.75 Å². The summed E-state index contributed by atoms with van der Waals surface area (Å²) in [6, 6.07) is 0. The maximum absolute atomic E-state index is 4.60. The Balaban J connectivity index is 2.07. The van der Waals surface area contributed by atoms with Crippen LogP contribution in [0.15, 0.2) is 6.20 Å². The molecule has 0 aromatic carbocycles. The van der Waals surface area contributed by atoms with Gasteiger partial charge in [-0.15, -0.1) is 23.1 Å². The van der Waals surface area contributed by atoms with Crippen molar-refractivity contribution < 1.29 is 0 Å². The van der Waals surface area contributed by atoms with Crippen molar-refractivity contribution in [1.29, 1.82) is 0 Å². The highest BCUT2D eigenvalue weighted by atomic mass is 32.2. The van der Waals surface area contributed by atoms with Crippen LogP contribution in [-0.2, 0) is 0 Å². The maximum Gasteiger partial charge on any atom is 0.107 e. The van der Waals surface area contributed by atoms with Crippen molar-refractivity contribution in [2.45, 2.75) is 49.4 Å². The van der Waals surface area contributed by atoms with Crippen LogP contribution in [0.25, 0.3) is 0 Å². The van der Waals surface area contributed by atoms with Crippen molar-refractivity contribution in [2.24, 2.45) is 0 Å². The average Bonchev–Trinajstić information content (AvgIpc) is 2.71. The lowest BCUT2D eigenvalue weighted by molar-refractivity contribution is 0.882. The first-order chi connectivity index (χ1) is 7.58. The van der Waals surface area contributed by atoms with Crippen molar-refractivity contribution in [3.63, 3.8) is 0 Å². The molecule has 1 aliphatic heterocycles. The largest absolute Gasteiger partial charge is 0.248 e. The van der Waals surface area contributed by atoms with Gasteiger partial charge in [-0.3, -0.25) is 0 Å². The minimum absolute atomic E-state index is 0.615. The first-order valence-electron chi connectivity index (χ1n) is 5.80. The molecule has 1 aromatic rings. The molecule has 4 heteroatoms. The van der Waals surface area contributed by atoms with Crippen LogP contribution in [0.3, 0.4) is 0 Å². The lowest BCUT2D eigenvalue weighted by atomic mass is 10.2. The molecule has 1 nitrogen and oxygen atoms in total. The molecule has 0 bridgehead atoms. The molecule has 3 atom stereocenters. The molecule has 0 spiro atoms. The summed E-state index contributed by atoms with van der Waals surface area (Å²) < 4.78 is 0. The third-order valence-corrected chi connectivity index (χ3v) is 7.90. The zero-order valence-corrected chi connectivity index (χ0v) is 12.7. The van der Waals surface area contributed by atoms with Gasteiger partial charge in [-0.1, -0.05) is 27.7 Å². The number of thiazole rings is 1. The molecule has 16 heavy (non-hydrogen) atoms. The number of rotatable bonds is 2. The van der Waals surface area contributed by atoms with E-state index in [1.54, 1.807) is 0 Å². The van der Waals surface area contributed by atoms with E-state index in [1.165, 1.54) is 15.6 Å². The summed E-state index contributed by atoms with van der Waals surface area (Å²) in [5, 5.41) is 3.48. The van der Waals surface area contributed by atoms with E-state index >= 15 is 0 Å². The molecule has 1 fully saturated rings. The predicted octanol–water partition coefficient (Wildman–Crippen LogP) is 4.56. The van der Waals surface area contributed by atoms with Gasteiger partial charge in [0.15, 0.2) is 0 Å². The molecule has 0 N–H and O–H groups in total. The molecule has 1 aromatic heterocycles. The van der Waals surface area contributed by atoms with Gasteiger partial charge in [-0.05, 0) is 5.92 Å². The van der Waals surface area contributed by atoms with Crippen molar-refractivity contribution in [3.05, 3.63) is 16.1 Å². The summed E-state index contributed by atoms with van der Waals surface area (Å²) in [6.45, 7) is 9.15. The van der Waals surface area contributed by atoms with Gasteiger partial charge in [-0.25, -0.2) is 4.98 Å². The lowest BCUT2D eigenvalue weighted by Crippen LogP contribution is -2.21. The Morgan fingerprint density at radius 2 is 2.06 bits per heavy atom. The molecule has 1 saturated heterocycles. The summed E-state index contributed by atoms with van der Waals surface area (Å²) >= 11 is 6.10. The monoisotopic (exact) mass is 273 g/mol. The van der Waals surface area contributed by atoms with Crippen LogP contribution in [0, 0.1) is 0 Å². The zero-order valence-electron chi connectivity index (χ0n) is 10.3. The number of hydrogen-bond donors (Lipinski definition) is 0. The van der Waals surface area contributed by atoms with E-state index in [9.17, 15) is 0 Å². The van der Waals surface area contributed by atoms with E-state index in [2.05, 4.69) is 62.4 Å². The summed E-state index contributed by atoms with van der Waals surface area (Å²) in [5.41, 5.74) is 0. The molecule has 90 valence electrons. The molecule has 0 saturated carbocycles. The third-order valence-electron chi connectivity index (χ3n) is 2.94. The fourth-order valence-corrected chi connectivity index (χ4v) is 5.75. The zero-order chi connectivity index (χ0) is 11.7. The SMILES string of the molecule is CC(C)c1cnc(C2CSC(C)C(C)S2)s1. The molecule has 0 amide bonds. The van der Waals surface area contributed by atoms with Crippen molar-refractivity contribution >= 4 is 34.9 Å². The topological polar surface area (TPSA) is 12.9 Å². The van der Waals surface area contributed by atoms with Crippen LogP contribution in [0.1, 0.15) is 48.7 Å². The summed E-state index contributed by atoms with van der Waals surface area (Å²) in [7, 11) is 0. The van der Waals surface area contributed by atoms with E-state index in [0.717, 1.165) is 10.5 Å². The molecule has 0 aliphatic carbocycles. The Morgan fingerprint density at radius 1 is 1.31 bits per heavy atom. The highest BCUT2D eigenvalue weighted by molar-refractivity contribution is 8.07. The van der Waals surface area contributed by atoms with Gasteiger partial charge in [0.2, 0.25) is 0 Å². The van der Waals surface area contributed by atoms with Crippen LogP contribution in [-0.4, -0.2) is 21.2 Å². The molecule has 2 heterocycles. The van der Waals surface area contributed by atoms with Crippen LogP contribution < -0.4 is 0 Å². The second-order valence-corrected chi connectivity index (χ2v) is 8.71. The molecule has 3 unspecified atom stereocenters. The summed E-state index contributed by atoms with van der Waals surface area (Å²) in [5.74, 6) is 1.84.